The summed E-state index contributed by atoms with van der Waals surface area (Å²) in [5.74, 6) is 1.46. The summed E-state index contributed by atoms with van der Waals surface area (Å²) < 4.78 is 5.24. The van der Waals surface area contributed by atoms with Gasteiger partial charge in [0, 0.05) is 12.6 Å². The molecule has 3 unspecified atom stereocenters. The maximum Gasteiger partial charge on any atom is 0.118 e. The number of ether oxygens (including phenoxy) is 1. The lowest BCUT2D eigenvalue weighted by Gasteiger charge is -2.27. The summed E-state index contributed by atoms with van der Waals surface area (Å²) in [4.78, 5) is 2.47. The molecule has 0 radical (unpaired) electrons. The number of aliphatic hydroxyl groups excluding tert-OH is 1. The Balaban J connectivity index is 1.46. The molecule has 4 rings (SSSR count). The first-order valence-corrected chi connectivity index (χ1v) is 8.40. The molecule has 1 saturated heterocycles. The Bertz CT molecular complexity index is 682. The first-order chi connectivity index (χ1) is 11.3. The highest BCUT2D eigenvalue weighted by Gasteiger charge is 2.38. The van der Waals surface area contributed by atoms with Crippen molar-refractivity contribution in [3.63, 3.8) is 0 Å². The number of nitrogens with zero attached hydrogens (tertiary/aromatic N) is 1. The molecule has 1 fully saturated rings. The van der Waals surface area contributed by atoms with Crippen LogP contribution in [-0.2, 0) is 6.42 Å². The molecule has 1 N–H and O–H groups in total. The normalized spacial score (nSPS) is 27.1. The van der Waals surface area contributed by atoms with E-state index in [2.05, 4.69) is 35.2 Å². The number of hydrogen-bond donors (Lipinski definition) is 1. The third-order valence-electron chi connectivity index (χ3n) is 5.44. The summed E-state index contributed by atoms with van der Waals surface area (Å²) in [5, 5.41) is 10.7. The van der Waals surface area contributed by atoms with Gasteiger partial charge in [0.05, 0.1) is 13.2 Å². The van der Waals surface area contributed by atoms with E-state index in [1.54, 1.807) is 7.11 Å². The van der Waals surface area contributed by atoms with Gasteiger partial charge in [-0.25, -0.2) is 0 Å². The smallest absolute Gasteiger partial charge is 0.118 e. The van der Waals surface area contributed by atoms with Crippen LogP contribution in [0.2, 0.25) is 0 Å². The molecule has 23 heavy (non-hydrogen) atoms. The van der Waals surface area contributed by atoms with Crippen LogP contribution in [0.25, 0.3) is 0 Å². The first kappa shape index (κ1) is 14.7. The third-order valence-corrected chi connectivity index (χ3v) is 5.44. The molecule has 0 saturated carbocycles. The average molecular weight is 309 g/mol. The highest BCUT2D eigenvalue weighted by atomic mass is 16.5. The number of likely N-dealkylation sites (tertiary alicyclic amines) is 1. The minimum atomic E-state index is -0.346. The van der Waals surface area contributed by atoms with Gasteiger partial charge in [0.2, 0.25) is 0 Å². The quantitative estimate of drug-likeness (QED) is 0.945. The fourth-order valence-corrected chi connectivity index (χ4v) is 4.12. The largest absolute Gasteiger partial charge is 0.497 e. The maximum atomic E-state index is 10.7. The van der Waals surface area contributed by atoms with Gasteiger partial charge in [-0.15, -0.1) is 0 Å². The van der Waals surface area contributed by atoms with Crippen molar-refractivity contribution in [1.82, 2.24) is 4.90 Å². The van der Waals surface area contributed by atoms with Gasteiger partial charge in [-0.3, -0.25) is 4.90 Å². The van der Waals surface area contributed by atoms with Crippen molar-refractivity contribution >= 4 is 0 Å². The standard InChI is InChI=1S/C20H23NO2/c1-23-17-8-6-14(7-9-17)16-10-11-21(13-16)19-12-15-4-2-3-5-18(15)20(19)22/h2-9,16,19-20,22H,10-13H2,1H3. The van der Waals surface area contributed by atoms with E-state index in [1.165, 1.54) is 11.1 Å². The number of hydrogen-bond acceptors (Lipinski definition) is 3. The van der Waals surface area contributed by atoms with Gasteiger partial charge in [-0.2, -0.15) is 0 Å². The van der Waals surface area contributed by atoms with Crippen LogP contribution in [0.4, 0.5) is 0 Å². The molecule has 1 aliphatic heterocycles. The first-order valence-electron chi connectivity index (χ1n) is 8.40. The predicted molar refractivity (Wildman–Crippen MR) is 90.8 cm³/mol. The third kappa shape index (κ3) is 2.64. The van der Waals surface area contributed by atoms with Crippen molar-refractivity contribution in [1.29, 1.82) is 0 Å². The fraction of sp³-hybridized carbons (Fsp3) is 0.400. The lowest BCUT2D eigenvalue weighted by atomic mass is 9.98. The van der Waals surface area contributed by atoms with E-state index < -0.39 is 0 Å². The lowest BCUT2D eigenvalue weighted by molar-refractivity contribution is 0.0742. The molecule has 3 atom stereocenters. The Morgan fingerprint density at radius 3 is 2.61 bits per heavy atom. The Morgan fingerprint density at radius 1 is 1.09 bits per heavy atom. The SMILES string of the molecule is COc1ccc(C2CCN(C3Cc4ccccc4C3O)C2)cc1. The van der Waals surface area contributed by atoms with Crippen LogP contribution < -0.4 is 4.74 Å². The van der Waals surface area contributed by atoms with Crippen LogP contribution in [0, 0.1) is 0 Å². The number of methoxy groups -OCH3 is 1. The molecule has 0 spiro atoms. The van der Waals surface area contributed by atoms with Crippen LogP contribution in [0.15, 0.2) is 48.5 Å². The van der Waals surface area contributed by atoms with Crippen molar-refractivity contribution in [2.45, 2.75) is 30.9 Å². The molecule has 0 bridgehead atoms. The van der Waals surface area contributed by atoms with Gasteiger partial charge in [0.1, 0.15) is 5.75 Å². The number of benzene rings is 2. The summed E-state index contributed by atoms with van der Waals surface area (Å²) in [6, 6.07) is 17.0. The molecule has 2 aromatic carbocycles. The Kier molecular flexibility index (Phi) is 3.83. The van der Waals surface area contributed by atoms with Crippen LogP contribution in [0.5, 0.6) is 5.75 Å². The zero-order chi connectivity index (χ0) is 15.8. The summed E-state index contributed by atoms with van der Waals surface area (Å²) in [7, 11) is 1.70. The molecule has 0 amide bonds. The van der Waals surface area contributed by atoms with E-state index in [-0.39, 0.29) is 12.1 Å². The number of aliphatic hydroxyl groups is 1. The maximum absolute atomic E-state index is 10.7. The van der Waals surface area contributed by atoms with E-state index in [0.717, 1.165) is 37.2 Å². The molecule has 1 heterocycles. The Hall–Kier alpha value is -1.84. The summed E-state index contributed by atoms with van der Waals surface area (Å²) in [6.45, 7) is 2.09. The minimum Gasteiger partial charge on any atom is -0.497 e. The van der Waals surface area contributed by atoms with Crippen molar-refractivity contribution in [3.05, 3.63) is 65.2 Å². The van der Waals surface area contributed by atoms with E-state index in [4.69, 9.17) is 4.74 Å². The van der Waals surface area contributed by atoms with Gasteiger partial charge in [-0.05, 0) is 54.1 Å². The second-order valence-electron chi connectivity index (χ2n) is 6.67. The molecule has 2 aromatic rings. The van der Waals surface area contributed by atoms with Crippen LogP contribution >= 0.6 is 0 Å². The molecule has 2 aliphatic rings. The minimum absolute atomic E-state index is 0.232. The zero-order valence-electron chi connectivity index (χ0n) is 13.5. The summed E-state index contributed by atoms with van der Waals surface area (Å²) in [6.07, 6.45) is 1.78. The molecule has 0 aromatic heterocycles. The monoisotopic (exact) mass is 309 g/mol. The van der Waals surface area contributed by atoms with Gasteiger partial charge in [-0.1, -0.05) is 36.4 Å². The van der Waals surface area contributed by atoms with Crippen molar-refractivity contribution in [3.8, 4) is 5.75 Å². The second-order valence-corrected chi connectivity index (χ2v) is 6.67. The summed E-state index contributed by atoms with van der Waals surface area (Å²) in [5.41, 5.74) is 3.79. The van der Waals surface area contributed by atoms with Crippen LogP contribution in [0.3, 0.4) is 0 Å². The number of fused-ring (bicyclic) bond motifs is 1. The topological polar surface area (TPSA) is 32.7 Å². The summed E-state index contributed by atoms with van der Waals surface area (Å²) >= 11 is 0. The molecular weight excluding hydrogens is 286 g/mol. The van der Waals surface area contributed by atoms with Gasteiger partial charge >= 0.3 is 0 Å². The Morgan fingerprint density at radius 2 is 1.87 bits per heavy atom. The zero-order valence-corrected chi connectivity index (χ0v) is 13.5. The van der Waals surface area contributed by atoms with E-state index in [9.17, 15) is 5.11 Å². The van der Waals surface area contributed by atoms with E-state index in [1.807, 2.05) is 18.2 Å². The van der Waals surface area contributed by atoms with Gasteiger partial charge < -0.3 is 9.84 Å². The molecule has 3 heteroatoms. The van der Waals surface area contributed by atoms with Gasteiger partial charge in [0.25, 0.3) is 0 Å². The van der Waals surface area contributed by atoms with Crippen molar-refractivity contribution in [2.75, 3.05) is 20.2 Å². The van der Waals surface area contributed by atoms with Crippen LogP contribution in [0.1, 0.15) is 35.1 Å². The van der Waals surface area contributed by atoms with Crippen LogP contribution in [-0.4, -0.2) is 36.2 Å². The Labute approximate surface area is 137 Å². The van der Waals surface area contributed by atoms with E-state index in [0.29, 0.717) is 5.92 Å². The van der Waals surface area contributed by atoms with Crippen molar-refractivity contribution in [2.24, 2.45) is 0 Å². The van der Waals surface area contributed by atoms with Gasteiger partial charge in [0.15, 0.2) is 0 Å². The molecule has 120 valence electrons. The fourth-order valence-electron chi connectivity index (χ4n) is 4.12. The van der Waals surface area contributed by atoms with Crippen molar-refractivity contribution < 1.29 is 9.84 Å². The predicted octanol–water partition coefficient (Wildman–Crippen LogP) is 3.14. The number of rotatable bonds is 3. The lowest BCUT2D eigenvalue weighted by Crippen LogP contribution is -2.36. The molecular formula is C20H23NO2. The molecule has 3 nitrogen and oxygen atoms in total. The van der Waals surface area contributed by atoms with E-state index >= 15 is 0 Å². The second kappa shape index (κ2) is 5.99. The molecule has 1 aliphatic carbocycles. The average Bonchev–Trinajstić information content (AvgIpc) is 3.20. The highest BCUT2D eigenvalue weighted by molar-refractivity contribution is 5.36. The highest BCUT2D eigenvalue weighted by Crippen LogP contribution is 2.38.